The minimum absolute atomic E-state index is 0.231. The largest absolute Gasteiger partial charge is 0.352 e. The fourth-order valence-corrected chi connectivity index (χ4v) is 4.87. The zero-order chi connectivity index (χ0) is 15.3. The van der Waals surface area contributed by atoms with E-state index in [1.165, 1.54) is 19.3 Å². The first-order valence-electron chi connectivity index (χ1n) is 8.53. The Balaban J connectivity index is 1.54. The van der Waals surface area contributed by atoms with E-state index in [1.54, 1.807) is 0 Å². The molecule has 4 heteroatoms. The van der Waals surface area contributed by atoms with E-state index in [-0.39, 0.29) is 11.3 Å². The molecule has 0 radical (unpaired) electrons. The van der Waals surface area contributed by atoms with Gasteiger partial charge in [0.15, 0.2) is 0 Å². The molecule has 3 rings (SSSR count). The van der Waals surface area contributed by atoms with Gasteiger partial charge in [0.1, 0.15) is 0 Å². The molecule has 120 valence electrons. The Morgan fingerprint density at radius 2 is 1.86 bits per heavy atom. The first-order chi connectivity index (χ1) is 9.83. The summed E-state index contributed by atoms with van der Waals surface area (Å²) in [5, 5.41) is 3.37. The van der Waals surface area contributed by atoms with Crippen LogP contribution < -0.4 is 5.32 Å². The highest BCUT2D eigenvalue weighted by Crippen LogP contribution is 2.65. The van der Waals surface area contributed by atoms with E-state index in [0.717, 1.165) is 32.1 Å². The highest BCUT2D eigenvalue weighted by molar-refractivity contribution is 5.78. The lowest BCUT2D eigenvalue weighted by molar-refractivity contribution is -0.124. The normalized spacial score (nSPS) is 39.6. The number of nitrogens with zero attached hydrogens (tertiary/aromatic N) is 2. The standard InChI is InChI=1S/C17H31N3O/c1-16(2)13-5-6-17(16,3)14(11-13)18-15(21)12-20-9-7-19(4)8-10-20/h13-14H,5-12H2,1-4H3,(H,18,21). The third-order valence-electron chi connectivity index (χ3n) is 7.09. The second kappa shape index (κ2) is 5.24. The van der Waals surface area contributed by atoms with Crippen molar-refractivity contribution in [3.63, 3.8) is 0 Å². The maximum atomic E-state index is 12.4. The Hall–Kier alpha value is -0.610. The number of carbonyl (C=O) groups is 1. The third kappa shape index (κ3) is 2.50. The molecule has 0 aromatic heterocycles. The van der Waals surface area contributed by atoms with Crippen molar-refractivity contribution >= 4 is 5.91 Å². The first kappa shape index (κ1) is 15.3. The van der Waals surface area contributed by atoms with Crippen LogP contribution in [0.1, 0.15) is 40.0 Å². The van der Waals surface area contributed by atoms with Crippen LogP contribution >= 0.6 is 0 Å². The molecule has 0 aromatic carbocycles. The summed E-state index contributed by atoms with van der Waals surface area (Å²) < 4.78 is 0. The molecule has 1 amide bonds. The molecule has 3 atom stereocenters. The maximum absolute atomic E-state index is 12.4. The second-order valence-electron chi connectivity index (χ2n) is 8.31. The van der Waals surface area contributed by atoms with Crippen LogP contribution in [0.5, 0.6) is 0 Å². The number of nitrogens with one attached hydrogen (secondary N) is 1. The van der Waals surface area contributed by atoms with Gasteiger partial charge < -0.3 is 10.2 Å². The van der Waals surface area contributed by atoms with Gasteiger partial charge in [-0.05, 0) is 43.1 Å². The van der Waals surface area contributed by atoms with Crippen molar-refractivity contribution in [2.45, 2.75) is 46.1 Å². The van der Waals surface area contributed by atoms with Gasteiger partial charge in [-0.3, -0.25) is 9.69 Å². The van der Waals surface area contributed by atoms with Crippen LogP contribution in [0.2, 0.25) is 0 Å². The molecule has 1 heterocycles. The quantitative estimate of drug-likeness (QED) is 0.858. The Labute approximate surface area is 129 Å². The molecule has 4 nitrogen and oxygen atoms in total. The van der Waals surface area contributed by atoms with Gasteiger partial charge in [0, 0.05) is 32.2 Å². The number of hydrogen-bond acceptors (Lipinski definition) is 3. The second-order valence-corrected chi connectivity index (χ2v) is 8.31. The summed E-state index contributed by atoms with van der Waals surface area (Å²) in [6.07, 6.45) is 3.79. The Morgan fingerprint density at radius 3 is 2.38 bits per heavy atom. The minimum Gasteiger partial charge on any atom is -0.352 e. The summed E-state index contributed by atoms with van der Waals surface area (Å²) in [5.74, 6) is 1.02. The lowest BCUT2D eigenvalue weighted by atomic mass is 9.69. The number of likely N-dealkylation sites (N-methyl/N-ethyl adjacent to an activating group) is 1. The molecule has 21 heavy (non-hydrogen) atoms. The van der Waals surface area contributed by atoms with Crippen LogP contribution in [0, 0.1) is 16.7 Å². The van der Waals surface area contributed by atoms with Crippen molar-refractivity contribution in [2.24, 2.45) is 16.7 Å². The summed E-state index contributed by atoms with van der Waals surface area (Å²) in [4.78, 5) is 17.0. The van der Waals surface area contributed by atoms with E-state index < -0.39 is 0 Å². The predicted octanol–water partition coefficient (Wildman–Crippen LogP) is 1.56. The summed E-state index contributed by atoms with van der Waals surface area (Å²) in [5.41, 5.74) is 0.661. The van der Waals surface area contributed by atoms with Gasteiger partial charge in [0.05, 0.1) is 6.54 Å². The Kier molecular flexibility index (Phi) is 3.81. The van der Waals surface area contributed by atoms with Crippen LogP contribution in [0.4, 0.5) is 0 Å². The number of hydrogen-bond donors (Lipinski definition) is 1. The molecule has 0 aromatic rings. The number of piperazine rings is 1. The molecule has 3 unspecified atom stereocenters. The molecule has 2 saturated carbocycles. The van der Waals surface area contributed by atoms with Crippen molar-refractivity contribution in [2.75, 3.05) is 39.8 Å². The minimum atomic E-state index is 0.231. The van der Waals surface area contributed by atoms with Crippen LogP contribution in [0.3, 0.4) is 0 Å². The van der Waals surface area contributed by atoms with Crippen LogP contribution in [-0.4, -0.2) is 61.5 Å². The van der Waals surface area contributed by atoms with Gasteiger partial charge in [-0.15, -0.1) is 0 Å². The maximum Gasteiger partial charge on any atom is 0.234 e. The summed E-state index contributed by atoms with van der Waals surface area (Å²) in [6, 6.07) is 0.381. The van der Waals surface area contributed by atoms with Crippen molar-refractivity contribution in [3.8, 4) is 0 Å². The molecular formula is C17H31N3O. The summed E-state index contributed by atoms with van der Waals surface area (Å²) in [7, 11) is 2.15. The smallest absolute Gasteiger partial charge is 0.234 e. The Morgan fingerprint density at radius 1 is 1.19 bits per heavy atom. The van der Waals surface area contributed by atoms with Gasteiger partial charge in [-0.2, -0.15) is 0 Å². The van der Waals surface area contributed by atoms with Gasteiger partial charge in [-0.25, -0.2) is 0 Å². The molecule has 1 N–H and O–H groups in total. The summed E-state index contributed by atoms with van der Waals surface area (Å²) >= 11 is 0. The van der Waals surface area contributed by atoms with Gasteiger partial charge >= 0.3 is 0 Å². The van der Waals surface area contributed by atoms with E-state index in [2.05, 4.69) is 42.9 Å². The van der Waals surface area contributed by atoms with Crippen molar-refractivity contribution in [3.05, 3.63) is 0 Å². The highest BCUT2D eigenvalue weighted by Gasteiger charge is 2.61. The zero-order valence-corrected chi connectivity index (χ0v) is 14.1. The number of rotatable bonds is 3. The lowest BCUT2D eigenvalue weighted by Gasteiger charge is -2.40. The number of fused-ring (bicyclic) bond motifs is 2. The van der Waals surface area contributed by atoms with E-state index in [9.17, 15) is 4.79 Å². The zero-order valence-electron chi connectivity index (χ0n) is 14.1. The summed E-state index contributed by atoms with van der Waals surface area (Å²) in [6.45, 7) is 11.9. The van der Waals surface area contributed by atoms with Crippen LogP contribution in [0.25, 0.3) is 0 Å². The predicted molar refractivity (Wildman–Crippen MR) is 85.1 cm³/mol. The first-order valence-corrected chi connectivity index (χ1v) is 8.53. The molecule has 2 bridgehead atoms. The fraction of sp³-hybridized carbons (Fsp3) is 0.941. The molecule has 1 saturated heterocycles. The lowest BCUT2D eigenvalue weighted by Crippen LogP contribution is -2.52. The molecule has 1 aliphatic heterocycles. The SMILES string of the molecule is CN1CCN(CC(=O)NC2CC3CCC2(C)C3(C)C)CC1. The van der Waals surface area contributed by atoms with Crippen molar-refractivity contribution in [1.29, 1.82) is 0 Å². The van der Waals surface area contributed by atoms with E-state index in [1.807, 2.05) is 0 Å². The molecule has 3 aliphatic rings. The Bertz CT molecular complexity index is 414. The van der Waals surface area contributed by atoms with E-state index in [4.69, 9.17) is 0 Å². The third-order valence-corrected chi connectivity index (χ3v) is 7.09. The average Bonchev–Trinajstić information content (AvgIpc) is 2.74. The molecule has 0 spiro atoms. The van der Waals surface area contributed by atoms with Crippen LogP contribution in [-0.2, 0) is 4.79 Å². The van der Waals surface area contributed by atoms with Gasteiger partial charge in [0.2, 0.25) is 5.91 Å². The monoisotopic (exact) mass is 293 g/mol. The van der Waals surface area contributed by atoms with E-state index in [0.29, 0.717) is 18.0 Å². The highest BCUT2D eigenvalue weighted by atomic mass is 16.2. The van der Waals surface area contributed by atoms with E-state index >= 15 is 0 Å². The van der Waals surface area contributed by atoms with Gasteiger partial charge in [0.25, 0.3) is 0 Å². The van der Waals surface area contributed by atoms with Crippen molar-refractivity contribution < 1.29 is 4.79 Å². The van der Waals surface area contributed by atoms with Crippen molar-refractivity contribution in [1.82, 2.24) is 15.1 Å². The number of carbonyl (C=O) groups excluding carboxylic acids is 1. The number of amides is 1. The average molecular weight is 293 g/mol. The van der Waals surface area contributed by atoms with Gasteiger partial charge in [-0.1, -0.05) is 20.8 Å². The molecular weight excluding hydrogens is 262 g/mol. The molecule has 2 aliphatic carbocycles. The van der Waals surface area contributed by atoms with Crippen LogP contribution in [0.15, 0.2) is 0 Å². The fourth-order valence-electron chi connectivity index (χ4n) is 4.87. The molecule has 3 fully saturated rings. The topological polar surface area (TPSA) is 35.6 Å².